The molecule has 0 saturated carbocycles. The highest BCUT2D eigenvalue weighted by molar-refractivity contribution is 5.89. The van der Waals surface area contributed by atoms with Gasteiger partial charge in [0.05, 0.1) is 12.5 Å². The molecule has 2 amide bonds. The Morgan fingerprint density at radius 1 is 1.50 bits per heavy atom. The second-order valence-corrected chi connectivity index (χ2v) is 5.05. The van der Waals surface area contributed by atoms with Gasteiger partial charge in [0.2, 0.25) is 11.8 Å². The minimum atomic E-state index is -0.980. The maximum Gasteiger partial charge on any atom is 0.308 e. The number of carbonyl (C=O) groups excluding carboxylic acids is 2. The lowest BCUT2D eigenvalue weighted by Crippen LogP contribution is -2.38. The van der Waals surface area contributed by atoms with Gasteiger partial charge in [-0.2, -0.15) is 0 Å². The summed E-state index contributed by atoms with van der Waals surface area (Å²) in [6.45, 7) is 4.80. The Bertz CT molecular complexity index is 341. The molecule has 2 N–H and O–H groups in total. The summed E-state index contributed by atoms with van der Waals surface area (Å²) in [5.41, 5.74) is 0. The Balaban J connectivity index is 2.32. The van der Waals surface area contributed by atoms with Crippen molar-refractivity contribution in [2.24, 2.45) is 11.8 Å². The number of rotatable bonds is 6. The SMILES string of the molecule is CC(C)CCNC(=O)CN1CC(C(=O)O)CC1=O. The van der Waals surface area contributed by atoms with Gasteiger partial charge < -0.3 is 15.3 Å². The fraction of sp³-hybridized carbons (Fsp3) is 0.750. The molecule has 6 nitrogen and oxygen atoms in total. The number of likely N-dealkylation sites (tertiary alicyclic amines) is 1. The van der Waals surface area contributed by atoms with Crippen LogP contribution in [-0.2, 0) is 14.4 Å². The Labute approximate surface area is 106 Å². The third kappa shape index (κ3) is 4.35. The van der Waals surface area contributed by atoms with Crippen molar-refractivity contribution >= 4 is 17.8 Å². The predicted molar refractivity (Wildman–Crippen MR) is 64.8 cm³/mol. The van der Waals surface area contributed by atoms with E-state index in [1.165, 1.54) is 4.90 Å². The first-order chi connectivity index (χ1) is 8.40. The van der Waals surface area contributed by atoms with Crippen molar-refractivity contribution in [1.29, 1.82) is 0 Å². The zero-order chi connectivity index (χ0) is 13.7. The standard InChI is InChI=1S/C12H20N2O4/c1-8(2)3-4-13-10(15)7-14-6-9(12(17)18)5-11(14)16/h8-9H,3-7H2,1-2H3,(H,13,15)(H,17,18). The fourth-order valence-corrected chi connectivity index (χ4v) is 1.82. The lowest BCUT2D eigenvalue weighted by Gasteiger charge is -2.15. The molecule has 1 rings (SSSR count). The highest BCUT2D eigenvalue weighted by Gasteiger charge is 2.34. The number of carboxylic acids is 1. The Kier molecular flexibility index (Phi) is 5.12. The van der Waals surface area contributed by atoms with Crippen molar-refractivity contribution in [2.75, 3.05) is 19.6 Å². The number of hydrogen-bond donors (Lipinski definition) is 2. The Morgan fingerprint density at radius 2 is 2.17 bits per heavy atom. The lowest BCUT2D eigenvalue weighted by molar-refractivity contribution is -0.141. The molecule has 1 aliphatic heterocycles. The molecule has 1 unspecified atom stereocenters. The number of carboxylic acid groups (broad SMARTS) is 1. The number of hydrogen-bond acceptors (Lipinski definition) is 3. The first-order valence-electron chi connectivity index (χ1n) is 6.17. The smallest absolute Gasteiger partial charge is 0.308 e. The van der Waals surface area contributed by atoms with E-state index in [4.69, 9.17) is 5.11 Å². The topological polar surface area (TPSA) is 86.7 Å². The third-order valence-corrected chi connectivity index (χ3v) is 2.94. The Morgan fingerprint density at radius 3 is 2.67 bits per heavy atom. The largest absolute Gasteiger partial charge is 0.481 e. The van der Waals surface area contributed by atoms with Crippen LogP contribution < -0.4 is 5.32 Å². The molecule has 102 valence electrons. The molecule has 0 aromatic rings. The zero-order valence-corrected chi connectivity index (χ0v) is 10.8. The van der Waals surface area contributed by atoms with Crippen LogP contribution in [0, 0.1) is 11.8 Å². The van der Waals surface area contributed by atoms with E-state index in [9.17, 15) is 14.4 Å². The molecular weight excluding hydrogens is 236 g/mol. The number of amides is 2. The second-order valence-electron chi connectivity index (χ2n) is 5.05. The molecule has 6 heteroatoms. The molecule has 1 heterocycles. The molecule has 0 bridgehead atoms. The molecule has 1 fully saturated rings. The highest BCUT2D eigenvalue weighted by Crippen LogP contribution is 2.17. The van der Waals surface area contributed by atoms with Gasteiger partial charge in [-0.05, 0) is 12.3 Å². The quantitative estimate of drug-likeness (QED) is 0.704. The molecule has 1 saturated heterocycles. The van der Waals surface area contributed by atoms with Crippen LogP contribution in [0.1, 0.15) is 26.7 Å². The number of nitrogens with zero attached hydrogens (tertiary/aromatic N) is 1. The van der Waals surface area contributed by atoms with Crippen LogP contribution in [0.15, 0.2) is 0 Å². The van der Waals surface area contributed by atoms with Gasteiger partial charge in [0.15, 0.2) is 0 Å². The molecule has 0 aromatic carbocycles. The van der Waals surface area contributed by atoms with Crippen LogP contribution in [0.2, 0.25) is 0 Å². The van der Waals surface area contributed by atoms with Gasteiger partial charge in [0.1, 0.15) is 0 Å². The minimum absolute atomic E-state index is 0.00535. The van der Waals surface area contributed by atoms with E-state index < -0.39 is 11.9 Å². The van der Waals surface area contributed by atoms with Crippen LogP contribution in [0.3, 0.4) is 0 Å². The number of nitrogens with one attached hydrogen (secondary N) is 1. The molecule has 0 aromatic heterocycles. The summed E-state index contributed by atoms with van der Waals surface area (Å²) in [7, 11) is 0. The van der Waals surface area contributed by atoms with Crippen LogP contribution in [0.25, 0.3) is 0 Å². The summed E-state index contributed by atoms with van der Waals surface area (Å²) in [4.78, 5) is 35.1. The average molecular weight is 256 g/mol. The van der Waals surface area contributed by atoms with E-state index in [1.54, 1.807) is 0 Å². The van der Waals surface area contributed by atoms with E-state index in [-0.39, 0.29) is 31.3 Å². The van der Waals surface area contributed by atoms with Crippen LogP contribution >= 0.6 is 0 Å². The lowest BCUT2D eigenvalue weighted by atomic mass is 10.1. The molecule has 1 atom stereocenters. The predicted octanol–water partition coefficient (Wildman–Crippen LogP) is 0.0818. The minimum Gasteiger partial charge on any atom is -0.481 e. The van der Waals surface area contributed by atoms with E-state index in [1.807, 2.05) is 0 Å². The highest BCUT2D eigenvalue weighted by atomic mass is 16.4. The van der Waals surface area contributed by atoms with E-state index in [2.05, 4.69) is 19.2 Å². The van der Waals surface area contributed by atoms with Gasteiger partial charge in [0, 0.05) is 19.5 Å². The van der Waals surface area contributed by atoms with Gasteiger partial charge in [0.25, 0.3) is 0 Å². The first-order valence-corrected chi connectivity index (χ1v) is 6.17. The monoisotopic (exact) mass is 256 g/mol. The van der Waals surface area contributed by atoms with Crippen LogP contribution in [0.4, 0.5) is 0 Å². The number of carbonyl (C=O) groups is 3. The van der Waals surface area contributed by atoms with Gasteiger partial charge in [-0.25, -0.2) is 0 Å². The van der Waals surface area contributed by atoms with Crippen LogP contribution in [-0.4, -0.2) is 47.4 Å². The maximum absolute atomic E-state index is 11.6. The third-order valence-electron chi connectivity index (χ3n) is 2.94. The van der Waals surface area contributed by atoms with E-state index >= 15 is 0 Å². The fourth-order valence-electron chi connectivity index (χ4n) is 1.82. The summed E-state index contributed by atoms with van der Waals surface area (Å²) >= 11 is 0. The van der Waals surface area contributed by atoms with E-state index in [0.29, 0.717) is 12.5 Å². The van der Waals surface area contributed by atoms with Gasteiger partial charge >= 0.3 is 5.97 Å². The van der Waals surface area contributed by atoms with Crippen molar-refractivity contribution in [2.45, 2.75) is 26.7 Å². The van der Waals surface area contributed by atoms with Crippen molar-refractivity contribution in [3.63, 3.8) is 0 Å². The normalized spacial score (nSPS) is 19.4. The second kappa shape index (κ2) is 6.37. The van der Waals surface area contributed by atoms with Crippen molar-refractivity contribution in [3.8, 4) is 0 Å². The average Bonchev–Trinajstić information content (AvgIpc) is 2.60. The summed E-state index contributed by atoms with van der Waals surface area (Å²) in [5.74, 6) is -1.64. The summed E-state index contributed by atoms with van der Waals surface area (Å²) in [6.07, 6.45) is 0.881. The summed E-state index contributed by atoms with van der Waals surface area (Å²) in [6, 6.07) is 0. The van der Waals surface area contributed by atoms with Crippen LogP contribution in [0.5, 0.6) is 0 Å². The molecule has 1 aliphatic rings. The van der Waals surface area contributed by atoms with Gasteiger partial charge in [-0.15, -0.1) is 0 Å². The van der Waals surface area contributed by atoms with Crippen molar-refractivity contribution in [1.82, 2.24) is 10.2 Å². The molecule has 0 radical (unpaired) electrons. The molecule has 0 aliphatic carbocycles. The molecular formula is C12H20N2O4. The van der Waals surface area contributed by atoms with Crippen molar-refractivity contribution in [3.05, 3.63) is 0 Å². The number of aliphatic carboxylic acids is 1. The maximum atomic E-state index is 11.6. The first kappa shape index (κ1) is 14.5. The van der Waals surface area contributed by atoms with Gasteiger partial charge in [-0.3, -0.25) is 14.4 Å². The summed E-state index contributed by atoms with van der Waals surface area (Å²) in [5, 5.41) is 11.5. The molecule has 18 heavy (non-hydrogen) atoms. The summed E-state index contributed by atoms with van der Waals surface area (Å²) < 4.78 is 0. The Hall–Kier alpha value is -1.59. The van der Waals surface area contributed by atoms with Crippen molar-refractivity contribution < 1.29 is 19.5 Å². The van der Waals surface area contributed by atoms with Gasteiger partial charge in [-0.1, -0.05) is 13.8 Å². The molecule has 0 spiro atoms. The van der Waals surface area contributed by atoms with E-state index in [0.717, 1.165) is 6.42 Å². The zero-order valence-electron chi connectivity index (χ0n) is 10.8.